The molecule has 1 aromatic carbocycles. The van der Waals surface area contributed by atoms with Crippen molar-refractivity contribution in [3.63, 3.8) is 0 Å². The predicted octanol–water partition coefficient (Wildman–Crippen LogP) is 2.30. The molecule has 1 heterocycles. The molecule has 17 heteroatoms. The third-order valence-electron chi connectivity index (χ3n) is 9.94. The Morgan fingerprint density at radius 3 is 2.20 bits per heavy atom. The summed E-state index contributed by atoms with van der Waals surface area (Å²) in [5.74, 6) is -4.33. The first-order valence-corrected chi connectivity index (χ1v) is 18.2. The molecular formula is C33H50F3N5O8S. The second-order valence-electron chi connectivity index (χ2n) is 13.2. The van der Waals surface area contributed by atoms with E-state index in [-0.39, 0.29) is 54.5 Å². The number of amides is 4. The van der Waals surface area contributed by atoms with Crippen LogP contribution >= 0.6 is 0 Å². The zero-order valence-electron chi connectivity index (χ0n) is 29.6. The Labute approximate surface area is 292 Å². The fraction of sp³-hybridized carbons (Fsp3) is 0.697. The number of hydrogen-bond acceptors (Lipinski definition) is 9. The van der Waals surface area contributed by atoms with Crippen molar-refractivity contribution >= 4 is 33.7 Å². The van der Waals surface area contributed by atoms with Gasteiger partial charge in [-0.1, -0.05) is 39.3 Å². The highest BCUT2D eigenvalue weighted by molar-refractivity contribution is 7.90. The van der Waals surface area contributed by atoms with E-state index < -0.39 is 57.7 Å². The number of nitrogens with one attached hydrogen (secondary N) is 3. The highest BCUT2D eigenvalue weighted by Crippen LogP contribution is 2.46. The molecule has 6 unspecified atom stereocenters. The Kier molecular flexibility index (Phi) is 13.8. The Bertz CT molecular complexity index is 1470. The van der Waals surface area contributed by atoms with Crippen LogP contribution in [0.2, 0.25) is 0 Å². The van der Waals surface area contributed by atoms with E-state index in [4.69, 9.17) is 9.47 Å². The van der Waals surface area contributed by atoms with E-state index in [1.54, 1.807) is 23.9 Å². The van der Waals surface area contributed by atoms with Crippen LogP contribution < -0.4 is 15.4 Å². The van der Waals surface area contributed by atoms with E-state index in [0.717, 1.165) is 18.6 Å². The van der Waals surface area contributed by atoms with Crippen LogP contribution in [0.15, 0.2) is 29.2 Å². The molecule has 1 aromatic rings. The van der Waals surface area contributed by atoms with Gasteiger partial charge in [-0.2, -0.15) is 13.2 Å². The first kappa shape index (κ1) is 41.1. The summed E-state index contributed by atoms with van der Waals surface area (Å²) in [6.07, 6.45) is -4.16. The van der Waals surface area contributed by atoms with Crippen molar-refractivity contribution in [3.05, 3.63) is 29.8 Å². The molecule has 3 N–H and O–H groups in total. The summed E-state index contributed by atoms with van der Waals surface area (Å²) >= 11 is 0. The summed E-state index contributed by atoms with van der Waals surface area (Å²) in [6, 6.07) is 4.00. The quantitative estimate of drug-likeness (QED) is 0.218. The minimum atomic E-state index is -5.06. The number of methoxy groups -OCH3 is 2. The summed E-state index contributed by atoms with van der Waals surface area (Å²) < 4.78 is 78.3. The largest absolute Gasteiger partial charge is 0.471 e. The lowest BCUT2D eigenvalue weighted by Crippen LogP contribution is -2.54. The lowest BCUT2D eigenvalue weighted by Gasteiger charge is -2.39. The average Bonchev–Trinajstić information content (AvgIpc) is 3.69. The third-order valence-corrected chi connectivity index (χ3v) is 11.3. The SMILES string of the molecule is CCC(C)C(C(CC(=O)N1CCCC1C(OC)C(C)C(=O)NS(=O)(=O)c1ccc(C2(NC(=O)C(F)(F)F)CC2)cc1)OC)N(C)C(=O)CNC. The highest BCUT2D eigenvalue weighted by atomic mass is 32.2. The van der Waals surface area contributed by atoms with Gasteiger partial charge in [-0.25, -0.2) is 13.1 Å². The van der Waals surface area contributed by atoms with Crippen molar-refractivity contribution in [1.29, 1.82) is 0 Å². The van der Waals surface area contributed by atoms with Crippen LogP contribution in [-0.4, -0.2) is 114 Å². The van der Waals surface area contributed by atoms with Crippen LogP contribution in [0.1, 0.15) is 64.9 Å². The summed E-state index contributed by atoms with van der Waals surface area (Å²) in [6.45, 7) is 6.02. The van der Waals surface area contributed by atoms with Crippen LogP contribution in [0, 0.1) is 11.8 Å². The van der Waals surface area contributed by atoms with Gasteiger partial charge in [0, 0.05) is 27.8 Å². The maximum atomic E-state index is 13.8. The zero-order chi connectivity index (χ0) is 37.6. The van der Waals surface area contributed by atoms with Gasteiger partial charge in [-0.05, 0) is 56.3 Å². The van der Waals surface area contributed by atoms with Crippen LogP contribution in [0.5, 0.6) is 0 Å². The van der Waals surface area contributed by atoms with Gasteiger partial charge in [-0.15, -0.1) is 0 Å². The van der Waals surface area contributed by atoms with E-state index in [2.05, 4.69) is 10.0 Å². The number of alkyl halides is 3. The Morgan fingerprint density at radius 1 is 1.08 bits per heavy atom. The average molecular weight is 734 g/mol. The normalized spacial score (nSPS) is 20.3. The molecule has 3 rings (SSSR count). The van der Waals surface area contributed by atoms with E-state index in [1.165, 1.54) is 33.3 Å². The fourth-order valence-electron chi connectivity index (χ4n) is 6.74. The van der Waals surface area contributed by atoms with Gasteiger partial charge in [0.1, 0.15) is 0 Å². The second-order valence-corrected chi connectivity index (χ2v) is 14.9. The van der Waals surface area contributed by atoms with Crippen LogP contribution in [0.25, 0.3) is 0 Å². The maximum Gasteiger partial charge on any atom is 0.471 e. The van der Waals surface area contributed by atoms with Gasteiger partial charge in [0.25, 0.3) is 10.0 Å². The summed E-state index contributed by atoms with van der Waals surface area (Å²) in [5.41, 5.74) is -0.928. The minimum absolute atomic E-state index is 0.0200. The molecule has 0 aromatic heterocycles. The van der Waals surface area contributed by atoms with Crippen LogP contribution in [0.3, 0.4) is 0 Å². The Balaban J connectivity index is 1.71. The van der Waals surface area contributed by atoms with E-state index >= 15 is 0 Å². The number of rotatable bonds is 17. The molecule has 1 saturated carbocycles. The molecule has 0 radical (unpaired) electrons. The summed E-state index contributed by atoms with van der Waals surface area (Å²) in [7, 11) is 1.85. The van der Waals surface area contributed by atoms with Gasteiger partial charge in [0.2, 0.25) is 17.7 Å². The van der Waals surface area contributed by atoms with Crippen molar-refractivity contribution in [2.75, 3.05) is 41.4 Å². The smallest absolute Gasteiger partial charge is 0.379 e. The van der Waals surface area contributed by atoms with Gasteiger partial charge < -0.3 is 29.9 Å². The lowest BCUT2D eigenvalue weighted by atomic mass is 9.90. The number of carbonyl (C=O) groups is 4. The third kappa shape index (κ3) is 9.53. The zero-order valence-corrected chi connectivity index (χ0v) is 30.4. The predicted molar refractivity (Wildman–Crippen MR) is 177 cm³/mol. The topological polar surface area (TPSA) is 163 Å². The minimum Gasteiger partial charge on any atom is -0.379 e. The van der Waals surface area contributed by atoms with Crippen LogP contribution in [0.4, 0.5) is 13.2 Å². The maximum absolute atomic E-state index is 13.8. The number of likely N-dealkylation sites (tertiary alicyclic amines) is 1. The number of ether oxygens (including phenoxy) is 2. The molecule has 50 heavy (non-hydrogen) atoms. The summed E-state index contributed by atoms with van der Waals surface area (Å²) in [5, 5.41) is 4.83. The molecule has 6 atom stereocenters. The number of sulfonamides is 1. The molecule has 13 nitrogen and oxygen atoms in total. The van der Waals surface area contributed by atoms with Crippen molar-refractivity contribution in [3.8, 4) is 0 Å². The molecule has 282 valence electrons. The molecule has 0 bridgehead atoms. The van der Waals surface area contributed by atoms with Gasteiger partial charge in [-0.3, -0.25) is 19.2 Å². The second kappa shape index (κ2) is 16.8. The van der Waals surface area contributed by atoms with E-state index in [1.807, 2.05) is 19.2 Å². The Morgan fingerprint density at radius 2 is 1.70 bits per heavy atom. The number of halogens is 3. The number of likely N-dealkylation sites (N-methyl/N-ethyl adjacent to an activating group) is 2. The molecular weight excluding hydrogens is 683 g/mol. The molecule has 1 aliphatic carbocycles. The van der Waals surface area contributed by atoms with Crippen molar-refractivity contribution in [1.82, 2.24) is 25.2 Å². The first-order chi connectivity index (χ1) is 23.4. The Hall–Kier alpha value is -3.28. The highest BCUT2D eigenvalue weighted by Gasteiger charge is 2.51. The van der Waals surface area contributed by atoms with Crippen molar-refractivity contribution in [2.45, 2.75) is 100 Å². The number of benzene rings is 1. The standard InChI is InChI=1S/C33H50F3N5O8S/c1-8-20(2)28(40(5)27(43)19-37-4)25(48-6)18-26(42)41-17-9-10-24(41)29(49-7)21(3)30(44)39-50(46,47)23-13-11-22(12-14-23)32(15-16-32)38-31(45)33(34,35)36/h11-14,20-21,24-25,28-29,37H,8-10,15-19H2,1-7H3,(H,38,45)(H,39,44). The number of hydrogen-bond donors (Lipinski definition) is 3. The van der Waals surface area contributed by atoms with E-state index in [0.29, 0.717) is 24.9 Å². The van der Waals surface area contributed by atoms with E-state index in [9.17, 15) is 40.8 Å². The molecule has 0 spiro atoms. The lowest BCUT2D eigenvalue weighted by molar-refractivity contribution is -0.174. The summed E-state index contributed by atoms with van der Waals surface area (Å²) in [4.78, 5) is 54.3. The van der Waals surface area contributed by atoms with Crippen LogP contribution in [-0.2, 0) is 44.2 Å². The molecule has 2 aliphatic rings. The van der Waals surface area contributed by atoms with Crippen molar-refractivity contribution < 1.29 is 50.2 Å². The van der Waals surface area contributed by atoms with Gasteiger partial charge in [0.15, 0.2) is 0 Å². The first-order valence-electron chi connectivity index (χ1n) is 16.7. The molecule has 1 saturated heterocycles. The number of carbonyl (C=O) groups excluding carboxylic acids is 4. The van der Waals surface area contributed by atoms with Gasteiger partial charge in [0.05, 0.1) is 53.6 Å². The number of nitrogens with zero attached hydrogens (tertiary/aromatic N) is 2. The van der Waals surface area contributed by atoms with Crippen molar-refractivity contribution in [2.24, 2.45) is 11.8 Å². The molecule has 4 amide bonds. The monoisotopic (exact) mass is 733 g/mol. The molecule has 2 fully saturated rings. The molecule has 1 aliphatic heterocycles. The fourth-order valence-corrected chi connectivity index (χ4v) is 7.80. The van der Waals surface area contributed by atoms with Gasteiger partial charge >= 0.3 is 12.1 Å².